The summed E-state index contributed by atoms with van der Waals surface area (Å²) in [7, 11) is 1.66. The van der Waals surface area contributed by atoms with Crippen LogP contribution in [0.15, 0.2) is 41.8 Å². The van der Waals surface area contributed by atoms with Crippen molar-refractivity contribution >= 4 is 34.4 Å². The molecule has 1 aliphatic rings. The summed E-state index contributed by atoms with van der Waals surface area (Å²) < 4.78 is 11.0. The number of thiophene rings is 1. The predicted octanol–water partition coefficient (Wildman–Crippen LogP) is 4.13. The maximum absolute atomic E-state index is 5.79. The molecule has 4 nitrogen and oxygen atoms in total. The standard InChI is InChI=1S/C18H22N2O2S2/c1-21-15-8-6-14(7-9-15)19-18(23)20(12-16-4-2-10-22-16)13-17-5-3-11-24-17/h3,5-9,11,16H,2,4,10,12-13H2,1H3,(H,19,23). The van der Waals surface area contributed by atoms with Gasteiger partial charge in [-0.25, -0.2) is 0 Å². The van der Waals surface area contributed by atoms with Crippen molar-refractivity contribution in [3.05, 3.63) is 46.7 Å². The molecular formula is C18H22N2O2S2. The van der Waals surface area contributed by atoms with Crippen molar-refractivity contribution in [2.75, 3.05) is 25.6 Å². The molecule has 1 aromatic carbocycles. The molecule has 1 unspecified atom stereocenters. The fraction of sp³-hybridized carbons (Fsp3) is 0.389. The van der Waals surface area contributed by atoms with Gasteiger partial charge in [0.1, 0.15) is 5.75 Å². The highest BCUT2D eigenvalue weighted by Gasteiger charge is 2.21. The lowest BCUT2D eigenvalue weighted by atomic mass is 10.2. The zero-order chi connectivity index (χ0) is 16.8. The van der Waals surface area contributed by atoms with Crippen molar-refractivity contribution in [2.24, 2.45) is 0 Å². The zero-order valence-electron chi connectivity index (χ0n) is 13.7. The van der Waals surface area contributed by atoms with Crippen LogP contribution in [-0.2, 0) is 11.3 Å². The Kier molecular flexibility index (Phi) is 6.07. The van der Waals surface area contributed by atoms with Gasteiger partial charge in [0.05, 0.1) is 19.8 Å². The molecule has 1 aromatic heterocycles. The Morgan fingerprint density at radius 1 is 1.38 bits per heavy atom. The van der Waals surface area contributed by atoms with Crippen LogP contribution >= 0.6 is 23.6 Å². The first kappa shape index (κ1) is 17.2. The third-order valence-corrected chi connectivity index (χ3v) is 5.22. The lowest BCUT2D eigenvalue weighted by molar-refractivity contribution is 0.0907. The summed E-state index contributed by atoms with van der Waals surface area (Å²) in [6.07, 6.45) is 2.50. The van der Waals surface area contributed by atoms with E-state index in [4.69, 9.17) is 21.7 Å². The van der Waals surface area contributed by atoms with Crippen LogP contribution in [0.25, 0.3) is 0 Å². The topological polar surface area (TPSA) is 33.7 Å². The third-order valence-electron chi connectivity index (χ3n) is 4.00. The quantitative estimate of drug-likeness (QED) is 0.781. The number of hydrogen-bond donors (Lipinski definition) is 1. The van der Waals surface area contributed by atoms with E-state index in [9.17, 15) is 0 Å². The molecule has 0 spiro atoms. The van der Waals surface area contributed by atoms with E-state index in [-0.39, 0.29) is 6.10 Å². The van der Waals surface area contributed by atoms with Crippen molar-refractivity contribution in [1.29, 1.82) is 0 Å². The number of anilines is 1. The molecule has 2 heterocycles. The van der Waals surface area contributed by atoms with E-state index >= 15 is 0 Å². The van der Waals surface area contributed by atoms with E-state index in [0.717, 1.165) is 49.1 Å². The molecule has 0 bridgehead atoms. The summed E-state index contributed by atoms with van der Waals surface area (Å²) >= 11 is 7.41. The van der Waals surface area contributed by atoms with Gasteiger partial charge in [0.25, 0.3) is 0 Å². The minimum atomic E-state index is 0.264. The number of benzene rings is 1. The second kappa shape index (κ2) is 8.46. The van der Waals surface area contributed by atoms with Gasteiger partial charge in [-0.3, -0.25) is 0 Å². The molecule has 0 saturated carbocycles. The lowest BCUT2D eigenvalue weighted by Crippen LogP contribution is -2.39. The average Bonchev–Trinajstić information content (AvgIpc) is 3.29. The van der Waals surface area contributed by atoms with Gasteiger partial charge in [0, 0.05) is 23.7 Å². The summed E-state index contributed by atoms with van der Waals surface area (Å²) in [5, 5.41) is 6.15. The van der Waals surface area contributed by atoms with Crippen LogP contribution in [0.4, 0.5) is 5.69 Å². The number of nitrogens with zero attached hydrogens (tertiary/aromatic N) is 1. The van der Waals surface area contributed by atoms with E-state index in [1.54, 1.807) is 18.4 Å². The number of ether oxygens (including phenoxy) is 2. The number of rotatable bonds is 6. The molecule has 2 aromatic rings. The highest BCUT2D eigenvalue weighted by Crippen LogP contribution is 2.20. The summed E-state index contributed by atoms with van der Waals surface area (Å²) in [5.41, 5.74) is 0.962. The van der Waals surface area contributed by atoms with Crippen molar-refractivity contribution in [3.63, 3.8) is 0 Å². The Hall–Kier alpha value is -1.63. The molecule has 128 valence electrons. The summed E-state index contributed by atoms with van der Waals surface area (Å²) in [6, 6.07) is 12.0. The van der Waals surface area contributed by atoms with E-state index in [2.05, 4.69) is 27.7 Å². The van der Waals surface area contributed by atoms with Crippen molar-refractivity contribution in [3.8, 4) is 5.75 Å². The smallest absolute Gasteiger partial charge is 0.173 e. The third kappa shape index (κ3) is 4.69. The van der Waals surface area contributed by atoms with Gasteiger partial charge in [-0.15, -0.1) is 11.3 Å². The molecule has 1 N–H and O–H groups in total. The molecule has 0 radical (unpaired) electrons. The Bertz CT molecular complexity index is 638. The molecule has 1 fully saturated rings. The number of nitrogens with one attached hydrogen (secondary N) is 1. The Morgan fingerprint density at radius 3 is 2.83 bits per heavy atom. The van der Waals surface area contributed by atoms with Crippen LogP contribution in [-0.4, -0.2) is 36.4 Å². The van der Waals surface area contributed by atoms with E-state index < -0.39 is 0 Å². The number of thiocarbonyl (C=S) groups is 1. The maximum Gasteiger partial charge on any atom is 0.173 e. The van der Waals surface area contributed by atoms with Gasteiger partial charge in [0.15, 0.2) is 5.11 Å². The number of hydrogen-bond acceptors (Lipinski definition) is 4. The van der Waals surface area contributed by atoms with Crippen LogP contribution in [0.2, 0.25) is 0 Å². The van der Waals surface area contributed by atoms with Gasteiger partial charge in [-0.05, 0) is 60.8 Å². The van der Waals surface area contributed by atoms with Gasteiger partial charge >= 0.3 is 0 Å². The molecule has 24 heavy (non-hydrogen) atoms. The normalized spacial score (nSPS) is 16.8. The average molecular weight is 363 g/mol. The zero-order valence-corrected chi connectivity index (χ0v) is 15.4. The minimum absolute atomic E-state index is 0.264. The van der Waals surface area contributed by atoms with Gasteiger partial charge < -0.3 is 19.7 Å². The van der Waals surface area contributed by atoms with E-state index in [1.165, 1.54) is 4.88 Å². The highest BCUT2D eigenvalue weighted by atomic mass is 32.1. The van der Waals surface area contributed by atoms with Gasteiger partial charge in [-0.2, -0.15) is 0 Å². The monoisotopic (exact) mass is 362 g/mol. The summed E-state index contributed by atoms with van der Waals surface area (Å²) in [5.74, 6) is 0.835. The van der Waals surface area contributed by atoms with Gasteiger partial charge in [0.2, 0.25) is 0 Å². The first-order chi connectivity index (χ1) is 11.7. The second-order valence-electron chi connectivity index (χ2n) is 5.75. The Balaban J connectivity index is 1.66. The largest absolute Gasteiger partial charge is 0.497 e. The van der Waals surface area contributed by atoms with Crippen LogP contribution in [0.1, 0.15) is 17.7 Å². The van der Waals surface area contributed by atoms with Crippen LogP contribution < -0.4 is 10.1 Å². The van der Waals surface area contributed by atoms with Gasteiger partial charge in [-0.1, -0.05) is 6.07 Å². The molecule has 1 aliphatic heterocycles. The Morgan fingerprint density at radius 2 is 2.21 bits per heavy atom. The number of methoxy groups -OCH3 is 1. The highest BCUT2D eigenvalue weighted by molar-refractivity contribution is 7.80. The van der Waals surface area contributed by atoms with E-state index in [1.807, 2.05) is 24.3 Å². The van der Waals surface area contributed by atoms with Crippen molar-refractivity contribution in [1.82, 2.24) is 4.90 Å². The first-order valence-electron chi connectivity index (χ1n) is 8.08. The molecular weight excluding hydrogens is 340 g/mol. The molecule has 1 saturated heterocycles. The Labute approximate surface area is 152 Å². The fourth-order valence-electron chi connectivity index (χ4n) is 2.72. The van der Waals surface area contributed by atoms with E-state index in [0.29, 0.717) is 0 Å². The summed E-state index contributed by atoms with van der Waals surface area (Å²) in [4.78, 5) is 3.49. The van der Waals surface area contributed by atoms with Crippen molar-refractivity contribution < 1.29 is 9.47 Å². The molecule has 0 aliphatic carbocycles. The predicted molar refractivity (Wildman–Crippen MR) is 103 cm³/mol. The lowest BCUT2D eigenvalue weighted by Gasteiger charge is -2.28. The molecule has 6 heteroatoms. The van der Waals surface area contributed by atoms with Crippen LogP contribution in [0.3, 0.4) is 0 Å². The SMILES string of the molecule is COc1ccc(NC(=S)N(Cc2cccs2)CC2CCCO2)cc1. The fourth-order valence-corrected chi connectivity index (χ4v) is 3.70. The maximum atomic E-state index is 5.79. The minimum Gasteiger partial charge on any atom is -0.497 e. The molecule has 1 atom stereocenters. The van der Waals surface area contributed by atoms with Crippen LogP contribution in [0, 0.1) is 0 Å². The molecule has 0 amide bonds. The summed E-state index contributed by atoms with van der Waals surface area (Å²) in [6.45, 7) is 2.48. The van der Waals surface area contributed by atoms with Crippen molar-refractivity contribution in [2.45, 2.75) is 25.5 Å². The second-order valence-corrected chi connectivity index (χ2v) is 7.17. The van der Waals surface area contributed by atoms with Crippen LogP contribution in [0.5, 0.6) is 5.75 Å². The molecule has 3 rings (SSSR count). The first-order valence-corrected chi connectivity index (χ1v) is 9.37.